The summed E-state index contributed by atoms with van der Waals surface area (Å²) < 4.78 is 0. The number of hydrogen-bond acceptors (Lipinski definition) is 4. The van der Waals surface area contributed by atoms with Crippen molar-refractivity contribution >= 4 is 35.9 Å². The summed E-state index contributed by atoms with van der Waals surface area (Å²) in [5, 5.41) is 12.5. The molecule has 2 atom stereocenters. The van der Waals surface area contributed by atoms with Crippen molar-refractivity contribution in [1.29, 1.82) is 0 Å². The first-order chi connectivity index (χ1) is 13.4. The molecule has 1 aliphatic carbocycles. The molecule has 1 aromatic rings. The molecule has 0 radical (unpaired) electrons. The van der Waals surface area contributed by atoms with E-state index in [-0.39, 0.29) is 36.7 Å². The molecule has 160 valence electrons. The molecular formula is C21H30ClN3O4. The van der Waals surface area contributed by atoms with Crippen molar-refractivity contribution in [2.24, 2.45) is 11.3 Å². The number of carboxylic acids is 1. The number of likely N-dealkylation sites (tertiary alicyclic amines) is 1. The van der Waals surface area contributed by atoms with Crippen molar-refractivity contribution in [1.82, 2.24) is 9.80 Å². The number of amides is 2. The van der Waals surface area contributed by atoms with E-state index in [1.165, 1.54) is 0 Å². The van der Waals surface area contributed by atoms with Crippen molar-refractivity contribution in [2.75, 3.05) is 38.0 Å². The van der Waals surface area contributed by atoms with Crippen molar-refractivity contribution < 1.29 is 19.5 Å². The number of anilines is 1. The van der Waals surface area contributed by atoms with Gasteiger partial charge in [0.1, 0.15) is 0 Å². The predicted octanol–water partition coefficient (Wildman–Crippen LogP) is 2.72. The fraction of sp³-hybridized carbons (Fsp3) is 0.571. The predicted molar refractivity (Wildman–Crippen MR) is 113 cm³/mol. The van der Waals surface area contributed by atoms with Crippen molar-refractivity contribution in [3.05, 3.63) is 29.8 Å². The summed E-state index contributed by atoms with van der Waals surface area (Å²) in [6, 6.07) is 6.95. The summed E-state index contributed by atoms with van der Waals surface area (Å²) in [7, 11) is 0. The van der Waals surface area contributed by atoms with Crippen LogP contribution >= 0.6 is 12.4 Å². The van der Waals surface area contributed by atoms with Crippen molar-refractivity contribution in [3.63, 3.8) is 0 Å². The Labute approximate surface area is 177 Å². The number of hydrogen-bond donors (Lipinski definition) is 2. The first-order valence-electron chi connectivity index (χ1n) is 10.0. The van der Waals surface area contributed by atoms with E-state index in [1.54, 1.807) is 29.2 Å². The fourth-order valence-electron chi connectivity index (χ4n) is 4.69. The second-order valence-electron chi connectivity index (χ2n) is 7.83. The van der Waals surface area contributed by atoms with E-state index in [9.17, 15) is 19.5 Å². The van der Waals surface area contributed by atoms with Gasteiger partial charge in [-0.25, -0.2) is 0 Å². The van der Waals surface area contributed by atoms with Gasteiger partial charge in [-0.3, -0.25) is 19.3 Å². The van der Waals surface area contributed by atoms with E-state index in [4.69, 9.17) is 0 Å². The molecule has 2 fully saturated rings. The summed E-state index contributed by atoms with van der Waals surface area (Å²) in [4.78, 5) is 40.4. The molecule has 1 saturated heterocycles. The van der Waals surface area contributed by atoms with Crippen molar-refractivity contribution in [3.8, 4) is 0 Å². The summed E-state index contributed by atoms with van der Waals surface area (Å²) in [5.41, 5.74) is 0.438. The molecule has 29 heavy (non-hydrogen) atoms. The Morgan fingerprint density at radius 2 is 2.00 bits per heavy atom. The minimum Gasteiger partial charge on any atom is -0.481 e. The van der Waals surface area contributed by atoms with Gasteiger partial charge in [-0.15, -0.1) is 12.4 Å². The Bertz CT molecular complexity index is 768. The van der Waals surface area contributed by atoms with E-state index in [2.05, 4.69) is 5.32 Å². The second kappa shape index (κ2) is 9.59. The lowest BCUT2D eigenvalue weighted by atomic mass is 9.81. The maximum absolute atomic E-state index is 12.5. The first-order valence-corrected chi connectivity index (χ1v) is 10.0. The quantitative estimate of drug-likeness (QED) is 0.703. The van der Waals surface area contributed by atoms with Gasteiger partial charge in [-0.2, -0.15) is 0 Å². The fourth-order valence-corrected chi connectivity index (χ4v) is 4.69. The zero-order chi connectivity index (χ0) is 20.3. The number of fused-ring (bicyclic) bond motifs is 1. The molecule has 2 amide bonds. The maximum atomic E-state index is 12.5. The molecule has 1 aliphatic heterocycles. The summed E-state index contributed by atoms with van der Waals surface area (Å²) in [5.74, 6) is -0.849. The average Bonchev–Trinajstić information content (AvgIpc) is 3.20. The van der Waals surface area contributed by atoms with E-state index >= 15 is 0 Å². The van der Waals surface area contributed by atoms with Crippen LogP contribution in [0.5, 0.6) is 0 Å². The zero-order valence-electron chi connectivity index (χ0n) is 17.0. The van der Waals surface area contributed by atoms with Gasteiger partial charge in [0, 0.05) is 37.4 Å². The zero-order valence-corrected chi connectivity index (χ0v) is 17.8. The Hall–Kier alpha value is -2.12. The molecule has 0 aromatic heterocycles. The summed E-state index contributed by atoms with van der Waals surface area (Å²) in [6.07, 6.45) is 2.56. The van der Waals surface area contributed by atoms with Crippen LogP contribution in [0.1, 0.15) is 43.5 Å². The largest absolute Gasteiger partial charge is 0.481 e. The molecular weight excluding hydrogens is 394 g/mol. The van der Waals surface area contributed by atoms with E-state index in [0.29, 0.717) is 43.9 Å². The number of aliphatic carboxylic acids is 1. The molecule has 1 saturated carbocycles. The van der Waals surface area contributed by atoms with Gasteiger partial charge in [0.2, 0.25) is 5.91 Å². The van der Waals surface area contributed by atoms with Crippen LogP contribution in [0.25, 0.3) is 0 Å². The number of nitrogens with one attached hydrogen (secondary N) is 1. The Morgan fingerprint density at radius 1 is 1.28 bits per heavy atom. The first kappa shape index (κ1) is 23.2. The van der Waals surface area contributed by atoms with Crippen LogP contribution in [0, 0.1) is 11.3 Å². The average molecular weight is 424 g/mol. The molecule has 0 spiro atoms. The Balaban J connectivity index is 0.00000300. The number of halogens is 1. The summed E-state index contributed by atoms with van der Waals surface area (Å²) in [6.45, 7) is 6.38. The smallest absolute Gasteiger partial charge is 0.311 e. The SMILES string of the molecule is CCN(CC)C(=O)c1cccc(NC(=O)CN2C[C@@H]3CCC[C@@]3(C(=O)O)C2)c1.Cl. The van der Waals surface area contributed by atoms with E-state index in [1.807, 2.05) is 18.7 Å². The summed E-state index contributed by atoms with van der Waals surface area (Å²) >= 11 is 0. The lowest BCUT2D eigenvalue weighted by molar-refractivity contribution is -0.149. The van der Waals surface area contributed by atoms with E-state index in [0.717, 1.165) is 12.8 Å². The van der Waals surface area contributed by atoms with Crippen molar-refractivity contribution in [2.45, 2.75) is 33.1 Å². The van der Waals surface area contributed by atoms with Gasteiger partial charge in [-0.05, 0) is 50.8 Å². The third-order valence-electron chi connectivity index (χ3n) is 6.18. The molecule has 7 nitrogen and oxygen atoms in total. The van der Waals surface area contributed by atoms with Gasteiger partial charge in [0.25, 0.3) is 5.91 Å². The van der Waals surface area contributed by atoms with Crippen LogP contribution in [0.3, 0.4) is 0 Å². The highest BCUT2D eigenvalue weighted by Crippen LogP contribution is 2.48. The third kappa shape index (κ3) is 4.73. The minimum atomic E-state index is -0.736. The topological polar surface area (TPSA) is 90.0 Å². The minimum absolute atomic E-state index is 0. The third-order valence-corrected chi connectivity index (χ3v) is 6.18. The van der Waals surface area contributed by atoms with Gasteiger partial charge >= 0.3 is 5.97 Å². The Morgan fingerprint density at radius 3 is 2.62 bits per heavy atom. The maximum Gasteiger partial charge on any atom is 0.311 e. The molecule has 2 N–H and O–H groups in total. The molecule has 1 heterocycles. The van der Waals surface area contributed by atoms with Gasteiger partial charge in [-0.1, -0.05) is 12.5 Å². The number of carboxylic acid groups (broad SMARTS) is 1. The van der Waals surface area contributed by atoms with Crippen LogP contribution in [0.4, 0.5) is 5.69 Å². The molecule has 8 heteroatoms. The molecule has 1 aromatic carbocycles. The molecule has 3 rings (SSSR count). The van der Waals surface area contributed by atoms with Crippen LogP contribution in [-0.4, -0.2) is 65.4 Å². The highest BCUT2D eigenvalue weighted by Gasteiger charge is 2.54. The van der Waals surface area contributed by atoms with Gasteiger partial charge in [0.15, 0.2) is 0 Å². The Kier molecular flexibility index (Phi) is 7.66. The van der Waals surface area contributed by atoms with Gasteiger partial charge in [0.05, 0.1) is 12.0 Å². The molecule has 0 unspecified atom stereocenters. The normalized spacial score (nSPS) is 23.2. The monoisotopic (exact) mass is 423 g/mol. The lowest BCUT2D eigenvalue weighted by Gasteiger charge is -2.23. The highest BCUT2D eigenvalue weighted by atomic mass is 35.5. The second-order valence-corrected chi connectivity index (χ2v) is 7.83. The number of carbonyl (C=O) groups excluding carboxylic acids is 2. The van der Waals surface area contributed by atoms with Crippen LogP contribution in [-0.2, 0) is 9.59 Å². The standard InChI is InChI=1S/C21H29N3O4.ClH/c1-3-24(4-2)19(26)15-7-5-9-17(11-15)22-18(25)13-23-12-16-8-6-10-21(16,14-23)20(27)28;/h5,7,9,11,16H,3-4,6,8,10,12-14H2,1-2H3,(H,22,25)(H,27,28);1H/t16-,21+;/m0./s1. The number of rotatable bonds is 7. The van der Waals surface area contributed by atoms with E-state index < -0.39 is 11.4 Å². The molecule has 0 bridgehead atoms. The highest BCUT2D eigenvalue weighted by molar-refractivity contribution is 5.97. The van der Waals surface area contributed by atoms with Crippen LogP contribution < -0.4 is 5.32 Å². The number of nitrogens with zero attached hydrogens (tertiary/aromatic N) is 2. The molecule has 2 aliphatic rings. The number of carbonyl (C=O) groups is 3. The van der Waals surface area contributed by atoms with Gasteiger partial charge < -0.3 is 15.3 Å². The lowest BCUT2D eigenvalue weighted by Crippen LogP contribution is -2.37. The van der Waals surface area contributed by atoms with Crippen LogP contribution in [0.2, 0.25) is 0 Å². The number of benzene rings is 1. The van der Waals surface area contributed by atoms with Crippen LogP contribution in [0.15, 0.2) is 24.3 Å².